The second-order valence-electron chi connectivity index (χ2n) is 4.45. The van der Waals surface area contributed by atoms with E-state index in [1.165, 1.54) is 25.7 Å². The summed E-state index contributed by atoms with van der Waals surface area (Å²) in [6.45, 7) is 3.25. The lowest BCUT2D eigenvalue weighted by atomic mass is 9.83. The molecule has 0 aromatic heterocycles. The van der Waals surface area contributed by atoms with Crippen molar-refractivity contribution in [3.05, 3.63) is 11.1 Å². The lowest BCUT2D eigenvalue weighted by Gasteiger charge is -2.34. The Hall–Kier alpha value is -0.340. The van der Waals surface area contributed by atoms with Crippen LogP contribution in [-0.2, 0) is 4.74 Å². The minimum Gasteiger partial charge on any atom is -0.373 e. The number of hydrogen-bond acceptors (Lipinski definition) is 2. The monoisotopic (exact) mass is 179 g/mol. The zero-order chi connectivity index (χ0) is 8.67. The van der Waals surface area contributed by atoms with Gasteiger partial charge in [-0.25, -0.2) is 0 Å². The summed E-state index contributed by atoms with van der Waals surface area (Å²) >= 11 is 0. The zero-order valence-electron chi connectivity index (χ0n) is 8.01. The molecule has 2 heteroatoms. The van der Waals surface area contributed by atoms with Gasteiger partial charge in [0.05, 0.1) is 12.7 Å². The van der Waals surface area contributed by atoms with Crippen LogP contribution >= 0.6 is 0 Å². The van der Waals surface area contributed by atoms with Gasteiger partial charge in [-0.15, -0.1) is 0 Å². The first-order valence-electron chi connectivity index (χ1n) is 5.49. The molecule has 1 aliphatic carbocycles. The summed E-state index contributed by atoms with van der Waals surface area (Å²) in [4.78, 5) is 0. The van der Waals surface area contributed by atoms with Crippen molar-refractivity contribution in [1.29, 1.82) is 0 Å². The van der Waals surface area contributed by atoms with Crippen LogP contribution in [-0.4, -0.2) is 25.8 Å². The van der Waals surface area contributed by atoms with Gasteiger partial charge >= 0.3 is 0 Å². The van der Waals surface area contributed by atoms with Crippen molar-refractivity contribution < 1.29 is 4.74 Å². The van der Waals surface area contributed by atoms with Crippen molar-refractivity contribution in [1.82, 2.24) is 5.32 Å². The third-order valence-corrected chi connectivity index (χ3v) is 3.66. The molecule has 1 saturated carbocycles. The van der Waals surface area contributed by atoms with Gasteiger partial charge in [0.1, 0.15) is 0 Å². The average molecular weight is 179 g/mol. The van der Waals surface area contributed by atoms with Gasteiger partial charge in [0.2, 0.25) is 0 Å². The van der Waals surface area contributed by atoms with Crippen molar-refractivity contribution in [2.24, 2.45) is 5.92 Å². The topological polar surface area (TPSA) is 21.3 Å². The Labute approximate surface area is 79.3 Å². The Bertz CT molecular complexity index is 246. The molecular weight excluding hydrogens is 162 g/mol. The number of rotatable bonds is 0. The lowest BCUT2D eigenvalue weighted by molar-refractivity contribution is 0.0313. The van der Waals surface area contributed by atoms with Gasteiger partial charge in [-0.3, -0.25) is 0 Å². The predicted molar refractivity (Wildman–Crippen MR) is 51.6 cm³/mol. The molecule has 0 aromatic carbocycles. The van der Waals surface area contributed by atoms with Crippen LogP contribution in [0.1, 0.15) is 25.7 Å². The van der Waals surface area contributed by atoms with Gasteiger partial charge in [0.25, 0.3) is 0 Å². The van der Waals surface area contributed by atoms with E-state index in [0.717, 1.165) is 19.7 Å². The summed E-state index contributed by atoms with van der Waals surface area (Å²) in [5, 5.41) is 3.46. The van der Waals surface area contributed by atoms with Gasteiger partial charge < -0.3 is 10.1 Å². The number of hydrogen-bond donors (Lipinski definition) is 1. The summed E-state index contributed by atoms with van der Waals surface area (Å²) in [6, 6.07) is 0. The first kappa shape index (κ1) is 8.01. The molecule has 0 radical (unpaired) electrons. The van der Waals surface area contributed by atoms with Crippen LogP contribution < -0.4 is 5.32 Å². The second kappa shape index (κ2) is 3.10. The van der Waals surface area contributed by atoms with Crippen LogP contribution in [0.5, 0.6) is 0 Å². The molecule has 2 aliphatic heterocycles. The maximum Gasteiger partial charge on any atom is 0.0788 e. The molecule has 2 atom stereocenters. The average Bonchev–Trinajstić information content (AvgIpc) is 2.65. The molecule has 2 heterocycles. The fourth-order valence-electron chi connectivity index (χ4n) is 2.95. The summed E-state index contributed by atoms with van der Waals surface area (Å²) in [5.41, 5.74) is 3.36. The molecule has 2 unspecified atom stereocenters. The molecule has 13 heavy (non-hydrogen) atoms. The molecule has 0 bridgehead atoms. The summed E-state index contributed by atoms with van der Waals surface area (Å²) in [7, 11) is 0. The number of nitrogens with one attached hydrogen (secondary N) is 1. The smallest absolute Gasteiger partial charge is 0.0788 e. The predicted octanol–water partition coefficient (Wildman–Crippen LogP) is 1.48. The van der Waals surface area contributed by atoms with E-state index in [4.69, 9.17) is 4.74 Å². The third kappa shape index (κ3) is 1.24. The molecule has 1 N–H and O–H groups in total. The molecular formula is C11H17NO. The number of ether oxygens (including phenoxy) is 1. The van der Waals surface area contributed by atoms with Crippen molar-refractivity contribution in [3.63, 3.8) is 0 Å². The molecule has 3 aliphatic rings. The minimum absolute atomic E-state index is 0.500. The van der Waals surface area contributed by atoms with Gasteiger partial charge in [-0.05, 0) is 30.4 Å². The highest BCUT2D eigenvalue weighted by atomic mass is 16.5. The molecule has 2 nitrogen and oxygen atoms in total. The first-order chi connectivity index (χ1) is 6.45. The van der Waals surface area contributed by atoms with Crippen molar-refractivity contribution in [2.75, 3.05) is 19.7 Å². The maximum atomic E-state index is 5.90. The fraction of sp³-hybridized carbons (Fsp3) is 0.818. The summed E-state index contributed by atoms with van der Waals surface area (Å²) in [6.07, 6.45) is 5.81. The van der Waals surface area contributed by atoms with E-state index < -0.39 is 0 Å². The van der Waals surface area contributed by atoms with Gasteiger partial charge in [0, 0.05) is 19.0 Å². The Morgan fingerprint density at radius 2 is 2.23 bits per heavy atom. The normalized spacial score (nSPS) is 38.8. The van der Waals surface area contributed by atoms with Crippen LogP contribution in [0.3, 0.4) is 0 Å². The maximum absolute atomic E-state index is 5.90. The van der Waals surface area contributed by atoms with Gasteiger partial charge in [0.15, 0.2) is 0 Å². The van der Waals surface area contributed by atoms with Crippen LogP contribution in [0.15, 0.2) is 11.1 Å². The molecule has 0 aromatic rings. The first-order valence-corrected chi connectivity index (χ1v) is 5.49. The van der Waals surface area contributed by atoms with E-state index in [2.05, 4.69) is 5.32 Å². The number of fused-ring (bicyclic) bond motifs is 2. The Balaban J connectivity index is 1.94. The Morgan fingerprint density at radius 1 is 1.23 bits per heavy atom. The fourth-order valence-corrected chi connectivity index (χ4v) is 2.95. The highest BCUT2D eigenvalue weighted by Crippen LogP contribution is 2.36. The second-order valence-corrected chi connectivity index (χ2v) is 4.45. The van der Waals surface area contributed by atoms with Crippen LogP contribution in [0.2, 0.25) is 0 Å². The van der Waals surface area contributed by atoms with Crippen LogP contribution in [0, 0.1) is 5.92 Å². The van der Waals surface area contributed by atoms with Gasteiger partial charge in [-0.2, -0.15) is 0 Å². The van der Waals surface area contributed by atoms with Crippen molar-refractivity contribution in [3.8, 4) is 0 Å². The highest BCUT2D eigenvalue weighted by Gasteiger charge is 2.33. The Morgan fingerprint density at radius 3 is 3.23 bits per heavy atom. The van der Waals surface area contributed by atoms with Crippen LogP contribution in [0.25, 0.3) is 0 Å². The van der Waals surface area contributed by atoms with Crippen molar-refractivity contribution >= 4 is 0 Å². The third-order valence-electron chi connectivity index (χ3n) is 3.66. The van der Waals surface area contributed by atoms with Gasteiger partial charge in [-0.1, -0.05) is 6.42 Å². The van der Waals surface area contributed by atoms with Crippen molar-refractivity contribution in [2.45, 2.75) is 31.8 Å². The molecule has 2 fully saturated rings. The van der Waals surface area contributed by atoms with E-state index in [0.29, 0.717) is 12.0 Å². The van der Waals surface area contributed by atoms with E-state index >= 15 is 0 Å². The Kier molecular flexibility index (Phi) is 1.91. The zero-order valence-corrected chi connectivity index (χ0v) is 8.01. The van der Waals surface area contributed by atoms with Crippen LogP contribution in [0.4, 0.5) is 0 Å². The molecule has 3 rings (SSSR count). The van der Waals surface area contributed by atoms with E-state index in [1.807, 2.05) is 0 Å². The minimum atomic E-state index is 0.500. The largest absolute Gasteiger partial charge is 0.373 e. The van der Waals surface area contributed by atoms with E-state index in [9.17, 15) is 0 Å². The lowest BCUT2D eigenvalue weighted by Crippen LogP contribution is -2.31. The molecule has 0 amide bonds. The van der Waals surface area contributed by atoms with E-state index in [-0.39, 0.29) is 0 Å². The highest BCUT2D eigenvalue weighted by molar-refractivity contribution is 5.28. The SMILES string of the molecule is C1CCC2OCC3CNCC3=C2C1. The summed E-state index contributed by atoms with van der Waals surface area (Å²) < 4.78 is 5.90. The quantitative estimate of drug-likeness (QED) is 0.569. The standard InChI is InChI=1S/C11H17NO/c1-2-4-11-9(3-1)10-6-12-5-8(10)7-13-11/h8,11-12H,1-7H2. The molecule has 1 saturated heterocycles. The van der Waals surface area contributed by atoms with E-state index in [1.54, 1.807) is 11.1 Å². The molecule has 0 spiro atoms. The summed E-state index contributed by atoms with van der Waals surface area (Å²) in [5.74, 6) is 0.712. The molecule has 72 valence electrons.